The highest BCUT2D eigenvalue weighted by Crippen LogP contribution is 2.24. The van der Waals surface area contributed by atoms with E-state index in [1.54, 1.807) is 25.1 Å². The van der Waals surface area contributed by atoms with Gasteiger partial charge in [0.25, 0.3) is 0 Å². The maximum atomic E-state index is 11.4. The Morgan fingerprint density at radius 1 is 1.35 bits per heavy atom. The number of amides is 2. The molecule has 0 unspecified atom stereocenters. The molecule has 17 heavy (non-hydrogen) atoms. The van der Waals surface area contributed by atoms with Gasteiger partial charge in [-0.15, -0.1) is 0 Å². The lowest BCUT2D eigenvalue weighted by Crippen LogP contribution is -2.36. The van der Waals surface area contributed by atoms with E-state index >= 15 is 0 Å². The van der Waals surface area contributed by atoms with Crippen LogP contribution in [-0.2, 0) is 9.59 Å². The molecule has 92 valence electrons. The lowest BCUT2D eigenvalue weighted by atomic mass is 10.2. The van der Waals surface area contributed by atoms with E-state index in [4.69, 9.17) is 16.7 Å². The fourth-order valence-corrected chi connectivity index (χ4v) is 1.35. The zero-order chi connectivity index (χ0) is 12.8. The van der Waals surface area contributed by atoms with E-state index in [0.717, 1.165) is 5.56 Å². The van der Waals surface area contributed by atoms with Gasteiger partial charge in [-0.3, -0.25) is 9.59 Å². The van der Waals surface area contributed by atoms with Crippen molar-refractivity contribution in [1.82, 2.24) is 5.32 Å². The third-order valence-corrected chi connectivity index (χ3v) is 2.55. The molecule has 0 heterocycles. The smallest absolute Gasteiger partial charge is 0.313 e. The van der Waals surface area contributed by atoms with Crippen molar-refractivity contribution < 1.29 is 14.7 Å². The van der Waals surface area contributed by atoms with E-state index in [-0.39, 0.29) is 13.2 Å². The van der Waals surface area contributed by atoms with E-state index in [2.05, 4.69) is 10.6 Å². The lowest BCUT2D eigenvalue weighted by Gasteiger charge is -2.08. The molecular formula is C11H13ClN2O3. The summed E-state index contributed by atoms with van der Waals surface area (Å²) in [5.74, 6) is -1.62. The molecule has 0 spiro atoms. The minimum absolute atomic E-state index is 0.0355. The Hall–Kier alpha value is -1.59. The number of benzene rings is 1. The number of aliphatic hydroxyl groups is 1. The Morgan fingerprint density at radius 3 is 2.71 bits per heavy atom. The second-order valence-electron chi connectivity index (χ2n) is 3.37. The molecule has 0 radical (unpaired) electrons. The minimum Gasteiger partial charge on any atom is -0.395 e. The number of carbonyl (C=O) groups excluding carboxylic acids is 2. The Balaban J connectivity index is 2.68. The van der Waals surface area contributed by atoms with Gasteiger partial charge in [0.15, 0.2) is 0 Å². The van der Waals surface area contributed by atoms with Gasteiger partial charge in [0.05, 0.1) is 17.3 Å². The molecule has 0 bridgehead atoms. The SMILES string of the molecule is Cc1cccc(NC(=O)C(=O)NCCO)c1Cl. The van der Waals surface area contributed by atoms with Crippen molar-refractivity contribution in [2.45, 2.75) is 6.92 Å². The van der Waals surface area contributed by atoms with Crippen molar-refractivity contribution >= 4 is 29.1 Å². The molecule has 3 N–H and O–H groups in total. The molecule has 0 aromatic heterocycles. The summed E-state index contributed by atoms with van der Waals surface area (Å²) in [6, 6.07) is 5.12. The van der Waals surface area contributed by atoms with Gasteiger partial charge in [-0.05, 0) is 18.6 Å². The van der Waals surface area contributed by atoms with Crippen LogP contribution in [0.1, 0.15) is 5.56 Å². The third-order valence-electron chi connectivity index (χ3n) is 2.04. The minimum atomic E-state index is -0.814. The van der Waals surface area contributed by atoms with Crippen molar-refractivity contribution in [3.05, 3.63) is 28.8 Å². The van der Waals surface area contributed by atoms with Crippen LogP contribution in [0.15, 0.2) is 18.2 Å². The molecule has 0 saturated carbocycles. The van der Waals surface area contributed by atoms with Crippen molar-refractivity contribution in [1.29, 1.82) is 0 Å². The summed E-state index contributed by atoms with van der Waals surface area (Å²) in [7, 11) is 0. The van der Waals surface area contributed by atoms with E-state index < -0.39 is 11.8 Å². The molecule has 0 atom stereocenters. The highest BCUT2D eigenvalue weighted by atomic mass is 35.5. The Kier molecular flexibility index (Phi) is 4.93. The van der Waals surface area contributed by atoms with Crippen molar-refractivity contribution in [3.8, 4) is 0 Å². The molecule has 1 rings (SSSR count). The van der Waals surface area contributed by atoms with Gasteiger partial charge in [0.1, 0.15) is 0 Å². The zero-order valence-corrected chi connectivity index (χ0v) is 10.0. The number of hydrogen-bond donors (Lipinski definition) is 3. The molecular weight excluding hydrogens is 244 g/mol. The van der Waals surface area contributed by atoms with Crippen LogP contribution >= 0.6 is 11.6 Å². The number of rotatable bonds is 3. The second kappa shape index (κ2) is 6.22. The largest absolute Gasteiger partial charge is 0.395 e. The number of halogens is 1. The average molecular weight is 257 g/mol. The van der Waals surface area contributed by atoms with E-state index in [0.29, 0.717) is 10.7 Å². The zero-order valence-electron chi connectivity index (χ0n) is 9.29. The highest BCUT2D eigenvalue weighted by molar-refractivity contribution is 6.41. The predicted molar refractivity (Wildman–Crippen MR) is 64.9 cm³/mol. The molecule has 0 aliphatic heterocycles. The van der Waals surface area contributed by atoms with Crippen LogP contribution in [0.5, 0.6) is 0 Å². The fourth-order valence-electron chi connectivity index (χ4n) is 1.17. The molecule has 0 saturated heterocycles. The first-order chi connectivity index (χ1) is 8.06. The standard InChI is InChI=1S/C11H13ClN2O3/c1-7-3-2-4-8(9(7)12)14-11(17)10(16)13-5-6-15/h2-4,15H,5-6H2,1H3,(H,13,16)(H,14,17). The number of hydrogen-bond acceptors (Lipinski definition) is 3. The van der Waals surface area contributed by atoms with Crippen LogP contribution in [0.3, 0.4) is 0 Å². The third kappa shape index (κ3) is 3.72. The Labute approximate surface area is 104 Å². The number of aliphatic hydroxyl groups excluding tert-OH is 1. The number of anilines is 1. The lowest BCUT2D eigenvalue weighted by molar-refractivity contribution is -0.136. The molecule has 1 aromatic carbocycles. The summed E-state index contributed by atoms with van der Waals surface area (Å²) < 4.78 is 0. The van der Waals surface area contributed by atoms with Gasteiger partial charge in [-0.25, -0.2) is 0 Å². The predicted octanol–water partition coefficient (Wildman–Crippen LogP) is 0.695. The summed E-state index contributed by atoms with van der Waals surface area (Å²) in [6.07, 6.45) is 0. The van der Waals surface area contributed by atoms with Crippen LogP contribution in [0.2, 0.25) is 5.02 Å². The Morgan fingerprint density at radius 2 is 2.06 bits per heavy atom. The average Bonchev–Trinajstić information content (AvgIpc) is 2.31. The molecule has 2 amide bonds. The van der Waals surface area contributed by atoms with Gasteiger partial charge < -0.3 is 15.7 Å². The first kappa shape index (κ1) is 13.5. The summed E-state index contributed by atoms with van der Waals surface area (Å²) >= 11 is 5.96. The first-order valence-corrected chi connectivity index (χ1v) is 5.39. The number of nitrogens with one attached hydrogen (secondary N) is 2. The van der Waals surface area contributed by atoms with Crippen LogP contribution < -0.4 is 10.6 Å². The normalized spacial score (nSPS) is 9.82. The van der Waals surface area contributed by atoms with Crippen LogP contribution in [0, 0.1) is 6.92 Å². The molecule has 1 aromatic rings. The summed E-state index contributed by atoms with van der Waals surface area (Å²) in [5, 5.41) is 13.5. The van der Waals surface area contributed by atoms with Crippen molar-refractivity contribution in [3.63, 3.8) is 0 Å². The molecule has 6 heteroatoms. The van der Waals surface area contributed by atoms with Crippen molar-refractivity contribution in [2.75, 3.05) is 18.5 Å². The number of carbonyl (C=O) groups is 2. The van der Waals surface area contributed by atoms with E-state index in [9.17, 15) is 9.59 Å². The van der Waals surface area contributed by atoms with Gasteiger partial charge in [0, 0.05) is 6.54 Å². The van der Waals surface area contributed by atoms with Gasteiger partial charge >= 0.3 is 11.8 Å². The molecule has 5 nitrogen and oxygen atoms in total. The van der Waals surface area contributed by atoms with Gasteiger partial charge in [0.2, 0.25) is 0 Å². The summed E-state index contributed by atoms with van der Waals surface area (Å²) in [4.78, 5) is 22.6. The monoisotopic (exact) mass is 256 g/mol. The fraction of sp³-hybridized carbons (Fsp3) is 0.273. The number of aryl methyl sites for hydroxylation is 1. The van der Waals surface area contributed by atoms with Crippen LogP contribution in [0.25, 0.3) is 0 Å². The summed E-state index contributed by atoms with van der Waals surface area (Å²) in [5.41, 5.74) is 1.19. The van der Waals surface area contributed by atoms with Crippen LogP contribution in [0.4, 0.5) is 5.69 Å². The quantitative estimate of drug-likeness (QED) is 0.697. The van der Waals surface area contributed by atoms with Gasteiger partial charge in [-0.2, -0.15) is 0 Å². The molecule has 0 aliphatic carbocycles. The first-order valence-electron chi connectivity index (χ1n) is 5.01. The Bertz CT molecular complexity index is 435. The summed E-state index contributed by atoms with van der Waals surface area (Å²) in [6.45, 7) is 1.61. The maximum absolute atomic E-state index is 11.4. The van der Waals surface area contributed by atoms with Crippen LogP contribution in [-0.4, -0.2) is 30.1 Å². The maximum Gasteiger partial charge on any atom is 0.313 e. The molecule has 0 fully saturated rings. The molecule has 0 aliphatic rings. The van der Waals surface area contributed by atoms with E-state index in [1.807, 2.05) is 0 Å². The topological polar surface area (TPSA) is 78.4 Å². The second-order valence-corrected chi connectivity index (χ2v) is 3.75. The van der Waals surface area contributed by atoms with Crippen molar-refractivity contribution in [2.24, 2.45) is 0 Å². The van der Waals surface area contributed by atoms with E-state index in [1.165, 1.54) is 0 Å². The highest BCUT2D eigenvalue weighted by Gasteiger charge is 2.14. The van der Waals surface area contributed by atoms with Gasteiger partial charge in [-0.1, -0.05) is 23.7 Å².